The third kappa shape index (κ3) is 3.51. The largest absolute Gasteiger partial charge is 0.497 e. The minimum atomic E-state index is -1.34. The molecule has 0 bridgehead atoms. The predicted octanol–water partition coefficient (Wildman–Crippen LogP) is 6.31. The highest BCUT2D eigenvalue weighted by Crippen LogP contribution is 2.59. The van der Waals surface area contributed by atoms with Crippen molar-refractivity contribution in [1.82, 2.24) is 0 Å². The first-order chi connectivity index (χ1) is 19.9. The average molecular weight is 561 g/mol. The fraction of sp³-hybridized carbons (Fsp3) is 0.206. The van der Waals surface area contributed by atoms with Crippen LogP contribution < -0.4 is 15.0 Å². The van der Waals surface area contributed by atoms with Gasteiger partial charge in [0.1, 0.15) is 17.2 Å². The summed E-state index contributed by atoms with van der Waals surface area (Å²) >= 11 is 1.35. The van der Waals surface area contributed by atoms with E-state index in [4.69, 9.17) is 4.74 Å². The Labute approximate surface area is 242 Å². The number of aryl methyl sites for hydroxylation is 1. The molecule has 0 radical (unpaired) electrons. The zero-order valence-electron chi connectivity index (χ0n) is 22.9. The molecular formula is C34H28N2O4S. The molecule has 4 atom stereocenters. The molecule has 6 nitrogen and oxygen atoms in total. The summed E-state index contributed by atoms with van der Waals surface area (Å²) in [7, 11) is 1.55. The Hall–Kier alpha value is -4.49. The van der Waals surface area contributed by atoms with Crippen LogP contribution in [0.4, 0.5) is 11.4 Å². The minimum absolute atomic E-state index is 0.167. The first kappa shape index (κ1) is 25.5. The Morgan fingerprint density at radius 1 is 0.951 bits per heavy atom. The number of nitrogens with one attached hydrogen (secondary N) is 1. The maximum atomic E-state index is 14.9. The van der Waals surface area contributed by atoms with Crippen LogP contribution in [0.3, 0.4) is 0 Å². The number of amides is 1. The number of hydrogen-bond acceptors (Lipinski definition) is 6. The number of anilines is 2. The Bertz CT molecular complexity index is 1770. The van der Waals surface area contributed by atoms with E-state index in [0.717, 1.165) is 28.0 Å². The van der Waals surface area contributed by atoms with Gasteiger partial charge in [-0.2, -0.15) is 0 Å². The lowest BCUT2D eigenvalue weighted by atomic mass is 9.64. The molecule has 3 aliphatic heterocycles. The van der Waals surface area contributed by atoms with E-state index >= 15 is 0 Å². The lowest BCUT2D eigenvalue weighted by molar-refractivity contribution is -0.121. The molecule has 1 saturated heterocycles. The molecule has 1 aromatic heterocycles. The molecule has 4 heterocycles. The number of allylic oxidation sites excluding steroid dienone is 1. The molecule has 1 N–H and O–H groups in total. The number of nitrogens with zero attached hydrogens (tertiary/aromatic N) is 1. The molecule has 3 aromatic carbocycles. The average Bonchev–Trinajstić information content (AvgIpc) is 3.70. The maximum Gasteiger partial charge on any atom is 0.238 e. The van der Waals surface area contributed by atoms with Crippen molar-refractivity contribution in [2.45, 2.75) is 31.3 Å². The van der Waals surface area contributed by atoms with Crippen molar-refractivity contribution in [2.24, 2.45) is 5.92 Å². The third-order valence-electron chi connectivity index (χ3n) is 8.80. The molecular weight excluding hydrogens is 532 g/mol. The van der Waals surface area contributed by atoms with Crippen molar-refractivity contribution < 1.29 is 19.1 Å². The predicted molar refractivity (Wildman–Crippen MR) is 161 cm³/mol. The first-order valence-corrected chi connectivity index (χ1v) is 14.5. The van der Waals surface area contributed by atoms with Gasteiger partial charge in [-0.25, -0.2) is 0 Å². The molecule has 0 aliphatic carbocycles. The van der Waals surface area contributed by atoms with Crippen molar-refractivity contribution in [3.63, 3.8) is 0 Å². The Balaban J connectivity index is 1.56. The van der Waals surface area contributed by atoms with Gasteiger partial charge in [0, 0.05) is 22.5 Å². The van der Waals surface area contributed by atoms with E-state index in [1.54, 1.807) is 37.4 Å². The van der Waals surface area contributed by atoms with Gasteiger partial charge in [0.05, 0.1) is 23.9 Å². The number of para-hydroxylation sites is 1. The highest BCUT2D eigenvalue weighted by atomic mass is 32.1. The maximum absolute atomic E-state index is 14.9. The van der Waals surface area contributed by atoms with E-state index in [2.05, 4.69) is 17.5 Å². The van der Waals surface area contributed by atoms with E-state index in [-0.39, 0.29) is 17.5 Å². The lowest BCUT2D eigenvalue weighted by Crippen LogP contribution is -2.51. The van der Waals surface area contributed by atoms with E-state index in [9.17, 15) is 14.4 Å². The summed E-state index contributed by atoms with van der Waals surface area (Å²) in [6.45, 7) is 4.07. The number of carbonyl (C=O) groups excluding carboxylic acids is 3. The summed E-state index contributed by atoms with van der Waals surface area (Å²) in [5.41, 5.74) is 4.44. The van der Waals surface area contributed by atoms with Crippen LogP contribution in [0.15, 0.2) is 90.3 Å². The molecule has 3 aliphatic rings. The molecule has 0 unspecified atom stereocenters. The zero-order valence-corrected chi connectivity index (χ0v) is 23.7. The second-order valence-electron chi connectivity index (χ2n) is 11.0. The SMILES string of the molecule is COc1cccc(C(=O)[C@@H]2[C@H](C(=O)c3cccs3)N3c4ccc(C)cc4C(C)=C[C@@H]3[C@@]23C(=O)Nc2ccccc23)c1. The number of methoxy groups -OCH3 is 1. The Kier molecular flexibility index (Phi) is 5.77. The fourth-order valence-electron chi connectivity index (χ4n) is 7.07. The van der Waals surface area contributed by atoms with Crippen LogP contribution in [0, 0.1) is 12.8 Å². The lowest BCUT2D eigenvalue weighted by Gasteiger charge is -2.39. The van der Waals surface area contributed by atoms with E-state index in [1.807, 2.05) is 66.6 Å². The van der Waals surface area contributed by atoms with E-state index < -0.39 is 23.4 Å². The van der Waals surface area contributed by atoms with Crippen LogP contribution in [0.2, 0.25) is 0 Å². The van der Waals surface area contributed by atoms with Crippen molar-refractivity contribution in [1.29, 1.82) is 0 Å². The number of ketones is 2. The summed E-state index contributed by atoms with van der Waals surface area (Å²) < 4.78 is 5.44. The highest BCUT2D eigenvalue weighted by Gasteiger charge is 2.70. The number of fused-ring (bicyclic) bond motifs is 6. The van der Waals surface area contributed by atoms with E-state index in [0.29, 0.717) is 21.9 Å². The van der Waals surface area contributed by atoms with Crippen LogP contribution in [0.25, 0.3) is 5.57 Å². The monoisotopic (exact) mass is 560 g/mol. The van der Waals surface area contributed by atoms with Crippen LogP contribution in [0.5, 0.6) is 5.75 Å². The second kappa shape index (κ2) is 9.28. The summed E-state index contributed by atoms with van der Waals surface area (Å²) in [6.07, 6.45) is 2.08. The Morgan fingerprint density at radius 2 is 1.78 bits per heavy atom. The number of carbonyl (C=O) groups is 3. The van der Waals surface area contributed by atoms with Gasteiger partial charge in [-0.3, -0.25) is 14.4 Å². The first-order valence-electron chi connectivity index (χ1n) is 13.6. The number of benzene rings is 3. The van der Waals surface area contributed by atoms with Crippen molar-refractivity contribution in [3.05, 3.63) is 117 Å². The van der Waals surface area contributed by atoms with Gasteiger partial charge >= 0.3 is 0 Å². The van der Waals surface area contributed by atoms with E-state index in [1.165, 1.54) is 11.3 Å². The molecule has 1 amide bonds. The standard InChI is InChI=1S/C34H28N2O4S/c1-19-13-14-26-23(16-19)20(2)17-28-34(24-10-4-5-11-25(24)35-33(34)39)29(31(37)21-8-6-9-22(18-21)40-3)30(36(26)28)32(38)27-12-7-15-41-27/h4-18,28-30H,1-3H3,(H,35,39)/t28-,29+,30-,34-/m1/s1. The summed E-state index contributed by atoms with van der Waals surface area (Å²) in [5.74, 6) is -1.17. The van der Waals surface area contributed by atoms with Gasteiger partial charge in [-0.15, -0.1) is 11.3 Å². The van der Waals surface area contributed by atoms with Crippen molar-refractivity contribution >= 4 is 45.8 Å². The summed E-state index contributed by atoms with van der Waals surface area (Å²) in [6, 6.07) is 22.8. The van der Waals surface area contributed by atoms with Crippen LogP contribution in [0.1, 0.15) is 43.6 Å². The molecule has 1 spiro atoms. The summed E-state index contributed by atoms with van der Waals surface area (Å²) in [4.78, 5) is 46.5. The fourth-order valence-corrected chi connectivity index (χ4v) is 7.76. The van der Waals surface area contributed by atoms with Gasteiger partial charge in [-0.05, 0) is 66.8 Å². The van der Waals surface area contributed by atoms with Gasteiger partial charge in [-0.1, -0.05) is 54.1 Å². The van der Waals surface area contributed by atoms with Crippen LogP contribution in [-0.2, 0) is 10.2 Å². The van der Waals surface area contributed by atoms with Gasteiger partial charge < -0.3 is 15.0 Å². The van der Waals surface area contributed by atoms with Crippen LogP contribution >= 0.6 is 11.3 Å². The molecule has 4 aromatic rings. The van der Waals surface area contributed by atoms with Gasteiger partial charge in [0.15, 0.2) is 11.6 Å². The van der Waals surface area contributed by atoms with Gasteiger partial charge in [0.25, 0.3) is 0 Å². The number of Topliss-reactive ketones (excluding diaryl/α,β-unsaturated/α-hetero) is 2. The molecule has 7 rings (SSSR count). The number of thiophene rings is 1. The number of rotatable bonds is 5. The quantitative estimate of drug-likeness (QED) is 0.290. The molecule has 204 valence electrons. The smallest absolute Gasteiger partial charge is 0.238 e. The van der Waals surface area contributed by atoms with Crippen molar-refractivity contribution in [3.8, 4) is 5.75 Å². The van der Waals surface area contributed by atoms with Gasteiger partial charge in [0.2, 0.25) is 5.91 Å². The topological polar surface area (TPSA) is 75.7 Å². The summed E-state index contributed by atoms with van der Waals surface area (Å²) in [5, 5.41) is 4.95. The molecule has 0 saturated carbocycles. The minimum Gasteiger partial charge on any atom is -0.497 e. The normalized spacial score (nSPS) is 23.9. The molecule has 1 fully saturated rings. The van der Waals surface area contributed by atoms with Crippen LogP contribution in [-0.4, -0.2) is 36.7 Å². The highest BCUT2D eigenvalue weighted by molar-refractivity contribution is 7.12. The number of ether oxygens (including phenoxy) is 1. The third-order valence-corrected chi connectivity index (χ3v) is 9.69. The number of hydrogen-bond donors (Lipinski definition) is 1. The Morgan fingerprint density at radius 3 is 2.56 bits per heavy atom. The molecule has 41 heavy (non-hydrogen) atoms. The van der Waals surface area contributed by atoms with Crippen molar-refractivity contribution in [2.75, 3.05) is 17.3 Å². The zero-order chi connectivity index (χ0) is 28.5. The molecule has 7 heteroatoms. The second-order valence-corrected chi connectivity index (χ2v) is 11.9.